The highest BCUT2D eigenvalue weighted by molar-refractivity contribution is 5.12. The highest BCUT2D eigenvalue weighted by Gasteiger charge is 2.11. The minimum Gasteiger partial charge on any atom is -0.291 e. The standard InChI is InChI=1S/C6H10N2O2/c9-7-5-3-1-2-4-6(5)8-10/h7,9H,1-4H2. The monoisotopic (exact) mass is 142 g/mol. The second-order valence-corrected chi connectivity index (χ2v) is 2.34. The number of nitrogens with zero attached hydrogens (tertiary/aromatic N) is 1. The summed E-state index contributed by atoms with van der Waals surface area (Å²) in [7, 11) is 0. The van der Waals surface area contributed by atoms with E-state index in [0.717, 1.165) is 19.3 Å². The van der Waals surface area contributed by atoms with Gasteiger partial charge in [-0.3, -0.25) is 10.7 Å². The number of hydrogen-bond donors (Lipinski definition) is 2. The Kier molecular flexibility index (Phi) is 2.39. The van der Waals surface area contributed by atoms with Gasteiger partial charge < -0.3 is 0 Å². The normalized spacial score (nSPS) is 18.9. The number of rotatable bonds is 2. The number of allylic oxidation sites excluding steroid dienone is 2. The van der Waals surface area contributed by atoms with E-state index in [9.17, 15) is 4.91 Å². The van der Waals surface area contributed by atoms with Crippen LogP contribution in [0.2, 0.25) is 0 Å². The lowest BCUT2D eigenvalue weighted by molar-refractivity contribution is 0.191. The molecule has 0 bridgehead atoms. The van der Waals surface area contributed by atoms with Gasteiger partial charge in [0.25, 0.3) is 0 Å². The van der Waals surface area contributed by atoms with E-state index in [1.54, 1.807) is 0 Å². The quantitative estimate of drug-likeness (QED) is 0.454. The van der Waals surface area contributed by atoms with Crippen LogP contribution in [0.15, 0.2) is 16.6 Å². The largest absolute Gasteiger partial charge is 0.291 e. The van der Waals surface area contributed by atoms with Gasteiger partial charge in [-0.05, 0) is 30.9 Å². The Bertz CT molecular complexity index is 165. The fourth-order valence-corrected chi connectivity index (χ4v) is 1.11. The van der Waals surface area contributed by atoms with E-state index >= 15 is 0 Å². The first-order valence-corrected chi connectivity index (χ1v) is 3.34. The molecular weight excluding hydrogens is 132 g/mol. The molecule has 1 aliphatic rings. The summed E-state index contributed by atoms with van der Waals surface area (Å²) in [5.74, 6) is 0. The van der Waals surface area contributed by atoms with E-state index in [4.69, 9.17) is 5.21 Å². The average molecular weight is 142 g/mol. The van der Waals surface area contributed by atoms with Gasteiger partial charge in [-0.1, -0.05) is 0 Å². The molecule has 10 heavy (non-hydrogen) atoms. The van der Waals surface area contributed by atoms with Crippen molar-refractivity contribution in [2.24, 2.45) is 5.18 Å². The maximum absolute atomic E-state index is 10.1. The summed E-state index contributed by atoms with van der Waals surface area (Å²) < 4.78 is 0. The molecule has 0 radical (unpaired) electrons. The molecule has 0 unspecified atom stereocenters. The van der Waals surface area contributed by atoms with Crippen molar-refractivity contribution in [2.75, 3.05) is 0 Å². The van der Waals surface area contributed by atoms with Crippen molar-refractivity contribution in [3.05, 3.63) is 16.3 Å². The van der Waals surface area contributed by atoms with Crippen LogP contribution in [-0.2, 0) is 0 Å². The predicted octanol–water partition coefficient (Wildman–Crippen LogP) is 1.52. The van der Waals surface area contributed by atoms with Crippen LogP contribution in [0, 0.1) is 4.91 Å². The van der Waals surface area contributed by atoms with Crippen molar-refractivity contribution in [1.29, 1.82) is 0 Å². The summed E-state index contributed by atoms with van der Waals surface area (Å²) in [5, 5.41) is 11.3. The minimum absolute atomic E-state index is 0.466. The first-order chi connectivity index (χ1) is 4.88. The summed E-state index contributed by atoms with van der Waals surface area (Å²) >= 11 is 0. The van der Waals surface area contributed by atoms with Gasteiger partial charge in [0, 0.05) is 0 Å². The Morgan fingerprint density at radius 2 is 2.10 bits per heavy atom. The van der Waals surface area contributed by atoms with Crippen molar-refractivity contribution in [2.45, 2.75) is 25.7 Å². The Balaban J connectivity index is 2.72. The van der Waals surface area contributed by atoms with Crippen molar-refractivity contribution < 1.29 is 5.21 Å². The van der Waals surface area contributed by atoms with E-state index in [1.165, 1.54) is 0 Å². The zero-order valence-corrected chi connectivity index (χ0v) is 5.63. The minimum atomic E-state index is 0.466. The number of nitrogens with one attached hydrogen (secondary N) is 1. The SMILES string of the molecule is O=NC1=C(NO)CCCC1. The fourth-order valence-electron chi connectivity index (χ4n) is 1.11. The Labute approximate surface area is 58.9 Å². The average Bonchev–Trinajstić information content (AvgIpc) is 2.04. The molecule has 0 aromatic rings. The van der Waals surface area contributed by atoms with Crippen molar-refractivity contribution >= 4 is 0 Å². The zero-order chi connectivity index (χ0) is 7.40. The highest BCUT2D eigenvalue weighted by Crippen LogP contribution is 2.22. The fraction of sp³-hybridized carbons (Fsp3) is 0.667. The van der Waals surface area contributed by atoms with Crippen LogP contribution < -0.4 is 5.48 Å². The maximum atomic E-state index is 10.1. The molecule has 0 saturated heterocycles. The van der Waals surface area contributed by atoms with Gasteiger partial charge >= 0.3 is 0 Å². The molecule has 0 aromatic heterocycles. The lowest BCUT2D eigenvalue weighted by atomic mass is 10.0. The molecule has 56 valence electrons. The second kappa shape index (κ2) is 3.31. The molecule has 2 N–H and O–H groups in total. The number of hydroxylamine groups is 1. The first kappa shape index (κ1) is 7.21. The van der Waals surface area contributed by atoms with E-state index in [1.807, 2.05) is 5.48 Å². The van der Waals surface area contributed by atoms with Gasteiger partial charge in [0.05, 0.1) is 5.70 Å². The zero-order valence-electron chi connectivity index (χ0n) is 5.63. The van der Waals surface area contributed by atoms with Crippen molar-refractivity contribution in [3.8, 4) is 0 Å². The maximum Gasteiger partial charge on any atom is 0.106 e. The molecule has 0 atom stereocenters. The molecule has 0 spiro atoms. The van der Waals surface area contributed by atoms with Gasteiger partial charge in [-0.2, -0.15) is 0 Å². The Hall–Kier alpha value is -0.900. The highest BCUT2D eigenvalue weighted by atomic mass is 16.5. The molecule has 0 saturated carbocycles. The molecular formula is C6H10N2O2. The van der Waals surface area contributed by atoms with Gasteiger partial charge in [-0.25, -0.2) is 0 Å². The lowest BCUT2D eigenvalue weighted by Gasteiger charge is -2.12. The first-order valence-electron chi connectivity index (χ1n) is 3.34. The predicted molar refractivity (Wildman–Crippen MR) is 36.2 cm³/mol. The van der Waals surface area contributed by atoms with E-state index < -0.39 is 0 Å². The van der Waals surface area contributed by atoms with Gasteiger partial charge in [0.1, 0.15) is 5.70 Å². The van der Waals surface area contributed by atoms with E-state index in [-0.39, 0.29) is 0 Å². The molecule has 0 amide bonds. The van der Waals surface area contributed by atoms with Crippen molar-refractivity contribution in [1.82, 2.24) is 5.48 Å². The third-order valence-electron chi connectivity index (χ3n) is 1.68. The van der Waals surface area contributed by atoms with Crippen LogP contribution in [0.25, 0.3) is 0 Å². The van der Waals surface area contributed by atoms with Gasteiger partial charge in [0.2, 0.25) is 0 Å². The summed E-state index contributed by atoms with van der Waals surface area (Å²) in [6, 6.07) is 0. The summed E-state index contributed by atoms with van der Waals surface area (Å²) in [4.78, 5) is 10.1. The van der Waals surface area contributed by atoms with Crippen LogP contribution in [0.1, 0.15) is 25.7 Å². The molecule has 0 fully saturated rings. The second-order valence-electron chi connectivity index (χ2n) is 2.34. The molecule has 0 aliphatic heterocycles. The molecule has 0 heterocycles. The Morgan fingerprint density at radius 1 is 1.40 bits per heavy atom. The summed E-state index contributed by atoms with van der Waals surface area (Å²) in [6.45, 7) is 0. The molecule has 1 rings (SSSR count). The molecule has 1 aliphatic carbocycles. The van der Waals surface area contributed by atoms with E-state index in [0.29, 0.717) is 17.8 Å². The third-order valence-corrected chi connectivity index (χ3v) is 1.68. The molecule has 0 aromatic carbocycles. The summed E-state index contributed by atoms with van der Waals surface area (Å²) in [6.07, 6.45) is 3.43. The van der Waals surface area contributed by atoms with E-state index in [2.05, 4.69) is 5.18 Å². The van der Waals surface area contributed by atoms with Crippen molar-refractivity contribution in [3.63, 3.8) is 0 Å². The lowest BCUT2D eigenvalue weighted by Crippen LogP contribution is -2.12. The summed E-state index contributed by atoms with van der Waals surface area (Å²) in [5.41, 5.74) is 3.04. The number of nitroso groups, excluding NO2 is 1. The van der Waals surface area contributed by atoms with Gasteiger partial charge in [0.15, 0.2) is 0 Å². The number of hydrogen-bond acceptors (Lipinski definition) is 4. The van der Waals surface area contributed by atoms with Crippen LogP contribution in [0.4, 0.5) is 0 Å². The third kappa shape index (κ3) is 1.33. The Morgan fingerprint density at radius 3 is 2.60 bits per heavy atom. The molecule has 4 nitrogen and oxygen atoms in total. The molecule has 4 heteroatoms. The smallest absolute Gasteiger partial charge is 0.106 e. The van der Waals surface area contributed by atoms with Crippen LogP contribution in [-0.4, -0.2) is 5.21 Å². The van der Waals surface area contributed by atoms with Crippen LogP contribution >= 0.6 is 0 Å². The van der Waals surface area contributed by atoms with Crippen LogP contribution in [0.3, 0.4) is 0 Å². The van der Waals surface area contributed by atoms with Crippen LogP contribution in [0.5, 0.6) is 0 Å². The van der Waals surface area contributed by atoms with Gasteiger partial charge in [-0.15, -0.1) is 4.91 Å². The topological polar surface area (TPSA) is 61.7 Å².